The lowest BCUT2D eigenvalue weighted by Crippen LogP contribution is -2.02. The molecule has 0 aliphatic heterocycles. The fourth-order valence-electron chi connectivity index (χ4n) is 1.16. The zero-order valence-corrected chi connectivity index (χ0v) is 9.18. The van der Waals surface area contributed by atoms with Crippen molar-refractivity contribution in [1.29, 1.82) is 0 Å². The average molecular weight is 243 g/mol. The Bertz CT molecular complexity index is 421. The Balaban J connectivity index is 2.11. The Morgan fingerprint density at radius 3 is 2.60 bits per heavy atom. The lowest BCUT2D eigenvalue weighted by Gasteiger charge is -2.06. The van der Waals surface area contributed by atoms with E-state index in [1.165, 1.54) is 6.33 Å². The minimum absolute atomic E-state index is 0.508. The summed E-state index contributed by atoms with van der Waals surface area (Å²) in [5.41, 5.74) is 0.845. The molecule has 0 aliphatic rings. The number of nitrogens with zero attached hydrogens (tertiary/aromatic N) is 2. The number of aromatic nitrogens is 3. The second-order valence-electron chi connectivity index (χ2n) is 2.89. The highest BCUT2D eigenvalue weighted by Crippen LogP contribution is 2.24. The molecule has 0 aliphatic carbocycles. The highest BCUT2D eigenvalue weighted by molar-refractivity contribution is 6.36. The molecule has 2 rings (SSSR count). The summed E-state index contributed by atoms with van der Waals surface area (Å²) in [4.78, 5) is 3.93. The van der Waals surface area contributed by atoms with Crippen LogP contribution in [0.5, 0.6) is 0 Å². The summed E-state index contributed by atoms with van der Waals surface area (Å²) in [6, 6.07) is 5.40. The number of rotatable bonds is 3. The summed E-state index contributed by atoms with van der Waals surface area (Å²) < 4.78 is 0. The maximum Gasteiger partial charge on any atom is 0.218 e. The lowest BCUT2D eigenvalue weighted by atomic mass is 10.2. The van der Waals surface area contributed by atoms with Gasteiger partial charge in [-0.1, -0.05) is 29.3 Å². The first-order valence-corrected chi connectivity index (χ1v) is 5.05. The first-order chi connectivity index (χ1) is 7.27. The molecule has 78 valence electrons. The van der Waals surface area contributed by atoms with Crippen molar-refractivity contribution in [1.82, 2.24) is 15.2 Å². The minimum atomic E-state index is 0.508. The van der Waals surface area contributed by atoms with E-state index in [0.29, 0.717) is 22.5 Å². The molecular formula is C9H8Cl2N4. The molecule has 2 aromatic rings. The van der Waals surface area contributed by atoms with Gasteiger partial charge in [-0.3, -0.25) is 0 Å². The Kier molecular flexibility index (Phi) is 3.08. The van der Waals surface area contributed by atoms with Crippen LogP contribution in [0.4, 0.5) is 5.95 Å². The number of nitrogens with one attached hydrogen (secondary N) is 2. The van der Waals surface area contributed by atoms with Crippen LogP contribution in [-0.2, 0) is 6.54 Å². The first-order valence-electron chi connectivity index (χ1n) is 4.29. The van der Waals surface area contributed by atoms with Crippen LogP contribution in [0.25, 0.3) is 0 Å². The third-order valence-electron chi connectivity index (χ3n) is 1.91. The van der Waals surface area contributed by atoms with E-state index >= 15 is 0 Å². The predicted molar refractivity (Wildman–Crippen MR) is 60.2 cm³/mol. The van der Waals surface area contributed by atoms with Crippen LogP contribution in [0.15, 0.2) is 24.5 Å². The molecule has 4 nitrogen and oxygen atoms in total. The maximum absolute atomic E-state index is 6.00. The van der Waals surface area contributed by atoms with Gasteiger partial charge < -0.3 is 5.32 Å². The van der Waals surface area contributed by atoms with Crippen molar-refractivity contribution in [3.63, 3.8) is 0 Å². The van der Waals surface area contributed by atoms with Gasteiger partial charge in [0.15, 0.2) is 0 Å². The van der Waals surface area contributed by atoms with Crippen molar-refractivity contribution in [2.75, 3.05) is 5.32 Å². The summed E-state index contributed by atoms with van der Waals surface area (Å²) in [5, 5.41) is 10.7. The smallest absolute Gasteiger partial charge is 0.218 e. The molecule has 0 bridgehead atoms. The molecule has 0 saturated carbocycles. The molecular weight excluding hydrogens is 235 g/mol. The van der Waals surface area contributed by atoms with Gasteiger partial charge in [0.25, 0.3) is 0 Å². The van der Waals surface area contributed by atoms with Crippen LogP contribution in [0.1, 0.15) is 5.56 Å². The minimum Gasteiger partial charge on any atom is -0.350 e. The van der Waals surface area contributed by atoms with Gasteiger partial charge >= 0.3 is 0 Å². The molecule has 0 atom stereocenters. The van der Waals surface area contributed by atoms with E-state index in [0.717, 1.165) is 5.56 Å². The molecule has 6 heteroatoms. The van der Waals surface area contributed by atoms with Gasteiger partial charge in [0.05, 0.1) is 0 Å². The number of hydrogen-bond donors (Lipinski definition) is 2. The quantitative estimate of drug-likeness (QED) is 0.871. The molecule has 0 radical (unpaired) electrons. The van der Waals surface area contributed by atoms with E-state index in [1.807, 2.05) is 6.07 Å². The van der Waals surface area contributed by atoms with Crippen LogP contribution in [-0.4, -0.2) is 15.2 Å². The summed E-state index contributed by atoms with van der Waals surface area (Å²) >= 11 is 12.0. The van der Waals surface area contributed by atoms with Crippen LogP contribution in [0.3, 0.4) is 0 Å². The number of benzene rings is 1. The van der Waals surface area contributed by atoms with Gasteiger partial charge in [0.1, 0.15) is 6.33 Å². The fraction of sp³-hybridized carbons (Fsp3) is 0.111. The Morgan fingerprint density at radius 1 is 1.27 bits per heavy atom. The van der Waals surface area contributed by atoms with E-state index in [9.17, 15) is 0 Å². The molecule has 0 fully saturated rings. The van der Waals surface area contributed by atoms with Crippen molar-refractivity contribution in [3.8, 4) is 0 Å². The lowest BCUT2D eigenvalue weighted by molar-refractivity contribution is 1.04. The SMILES string of the molecule is Clc1cccc(Cl)c1CNc1ncn[nH]1. The highest BCUT2D eigenvalue weighted by atomic mass is 35.5. The van der Waals surface area contributed by atoms with Crippen LogP contribution < -0.4 is 5.32 Å². The fourth-order valence-corrected chi connectivity index (χ4v) is 1.70. The van der Waals surface area contributed by atoms with Crippen LogP contribution in [0.2, 0.25) is 10.0 Å². The van der Waals surface area contributed by atoms with Gasteiger partial charge in [0, 0.05) is 22.2 Å². The van der Waals surface area contributed by atoms with E-state index in [2.05, 4.69) is 20.5 Å². The summed E-state index contributed by atoms with van der Waals surface area (Å²) in [5.74, 6) is 0.589. The van der Waals surface area contributed by atoms with Crippen molar-refractivity contribution in [2.24, 2.45) is 0 Å². The molecule has 1 aromatic heterocycles. The zero-order chi connectivity index (χ0) is 10.7. The number of halogens is 2. The highest BCUT2D eigenvalue weighted by Gasteiger charge is 2.05. The van der Waals surface area contributed by atoms with E-state index in [4.69, 9.17) is 23.2 Å². The number of hydrogen-bond acceptors (Lipinski definition) is 3. The standard InChI is InChI=1S/C9H8Cl2N4/c10-7-2-1-3-8(11)6(7)4-12-9-13-5-14-15-9/h1-3,5H,4H2,(H2,12,13,14,15). The summed E-state index contributed by atoms with van der Waals surface area (Å²) in [6.07, 6.45) is 1.43. The van der Waals surface area contributed by atoms with Gasteiger partial charge in [-0.15, -0.1) is 0 Å². The predicted octanol–water partition coefficient (Wildman–Crippen LogP) is 2.72. The number of anilines is 1. The largest absolute Gasteiger partial charge is 0.350 e. The van der Waals surface area contributed by atoms with Gasteiger partial charge in [0.2, 0.25) is 5.95 Å². The van der Waals surface area contributed by atoms with Crippen LogP contribution in [0, 0.1) is 0 Å². The Hall–Kier alpha value is -1.26. The molecule has 1 aromatic carbocycles. The van der Waals surface area contributed by atoms with E-state index < -0.39 is 0 Å². The van der Waals surface area contributed by atoms with E-state index in [-0.39, 0.29) is 0 Å². The van der Waals surface area contributed by atoms with Gasteiger partial charge in [-0.25, -0.2) is 10.1 Å². The van der Waals surface area contributed by atoms with Crippen molar-refractivity contribution in [2.45, 2.75) is 6.54 Å². The van der Waals surface area contributed by atoms with E-state index in [1.54, 1.807) is 12.1 Å². The van der Waals surface area contributed by atoms with Crippen LogP contribution >= 0.6 is 23.2 Å². The Labute approximate surface area is 96.6 Å². The van der Waals surface area contributed by atoms with Gasteiger partial charge in [-0.2, -0.15) is 5.10 Å². The third-order valence-corrected chi connectivity index (χ3v) is 2.62. The molecule has 2 N–H and O–H groups in total. The second kappa shape index (κ2) is 4.51. The molecule has 0 saturated heterocycles. The third kappa shape index (κ3) is 2.40. The first kappa shape index (κ1) is 10.3. The average Bonchev–Trinajstić information content (AvgIpc) is 2.70. The summed E-state index contributed by atoms with van der Waals surface area (Å²) in [7, 11) is 0. The normalized spacial score (nSPS) is 10.3. The Morgan fingerprint density at radius 2 is 2.00 bits per heavy atom. The molecule has 0 spiro atoms. The number of aromatic amines is 1. The molecule has 0 amide bonds. The molecule has 0 unspecified atom stereocenters. The number of H-pyrrole nitrogens is 1. The topological polar surface area (TPSA) is 53.6 Å². The molecule has 15 heavy (non-hydrogen) atoms. The summed E-state index contributed by atoms with van der Waals surface area (Å²) in [6.45, 7) is 0.508. The monoisotopic (exact) mass is 242 g/mol. The maximum atomic E-state index is 6.00. The van der Waals surface area contributed by atoms with Crippen molar-refractivity contribution < 1.29 is 0 Å². The molecule has 1 heterocycles. The second-order valence-corrected chi connectivity index (χ2v) is 3.70. The van der Waals surface area contributed by atoms with Gasteiger partial charge in [-0.05, 0) is 12.1 Å². The van der Waals surface area contributed by atoms with Crippen molar-refractivity contribution >= 4 is 29.2 Å². The van der Waals surface area contributed by atoms with Crippen molar-refractivity contribution in [3.05, 3.63) is 40.1 Å². The zero-order valence-electron chi connectivity index (χ0n) is 7.67.